The molecule has 290 valence electrons. The topological polar surface area (TPSA) is 99.3 Å². The molecule has 6 rings (SSSR count). The van der Waals surface area contributed by atoms with Crippen molar-refractivity contribution in [2.45, 2.75) is 116 Å². The second kappa shape index (κ2) is 19.9. The van der Waals surface area contributed by atoms with Gasteiger partial charge in [0.1, 0.15) is 18.0 Å². The number of carbonyl (C=O) groups is 4. The zero-order valence-electron chi connectivity index (χ0n) is 32.3. The number of unbranched alkanes of at least 4 members (excludes halogenated alkanes) is 9. The SMILES string of the molecule is CCCCCCCCCCCCC(=O)Oc1ccc(C[C@H]2C(=O)N(Cc3cccc4ccccc34)CC3N(C(=O)NCc4ccccc4)CCC(=O)N32)cc1. The predicted octanol–water partition coefficient (Wildman–Crippen LogP) is 8.78. The minimum atomic E-state index is -0.810. The van der Waals surface area contributed by atoms with E-state index >= 15 is 0 Å². The third-order valence-corrected chi connectivity index (χ3v) is 11.0. The van der Waals surface area contributed by atoms with E-state index in [1.165, 1.54) is 44.9 Å². The van der Waals surface area contributed by atoms with Crippen molar-refractivity contribution in [1.29, 1.82) is 0 Å². The van der Waals surface area contributed by atoms with Crippen LogP contribution in [0.4, 0.5) is 4.79 Å². The van der Waals surface area contributed by atoms with Crippen molar-refractivity contribution in [3.05, 3.63) is 114 Å². The maximum Gasteiger partial charge on any atom is 0.319 e. The summed E-state index contributed by atoms with van der Waals surface area (Å²) in [6, 6.07) is 30.0. The van der Waals surface area contributed by atoms with Crippen molar-refractivity contribution in [1.82, 2.24) is 20.0 Å². The van der Waals surface area contributed by atoms with Crippen LogP contribution >= 0.6 is 0 Å². The molecule has 0 spiro atoms. The number of esters is 1. The Kier molecular flexibility index (Phi) is 14.3. The van der Waals surface area contributed by atoms with Crippen LogP contribution in [0.15, 0.2) is 97.1 Å². The van der Waals surface area contributed by atoms with E-state index in [1.807, 2.05) is 66.7 Å². The highest BCUT2D eigenvalue weighted by Gasteiger charge is 2.48. The molecule has 9 heteroatoms. The average molecular weight is 745 g/mol. The number of benzene rings is 4. The summed E-state index contributed by atoms with van der Waals surface area (Å²) in [5, 5.41) is 5.19. The number of fused-ring (bicyclic) bond motifs is 2. The van der Waals surface area contributed by atoms with Crippen molar-refractivity contribution < 1.29 is 23.9 Å². The second-order valence-corrected chi connectivity index (χ2v) is 15.0. The summed E-state index contributed by atoms with van der Waals surface area (Å²) < 4.78 is 5.65. The minimum absolute atomic E-state index is 0.135. The molecule has 2 aliphatic rings. The lowest BCUT2D eigenvalue weighted by molar-refractivity contribution is -0.167. The number of nitrogens with zero attached hydrogens (tertiary/aromatic N) is 3. The molecular weight excluding hydrogens is 689 g/mol. The van der Waals surface area contributed by atoms with E-state index < -0.39 is 12.2 Å². The summed E-state index contributed by atoms with van der Waals surface area (Å²) in [4.78, 5) is 59.6. The Morgan fingerprint density at radius 3 is 2.16 bits per heavy atom. The van der Waals surface area contributed by atoms with Gasteiger partial charge in [0.15, 0.2) is 0 Å². The summed E-state index contributed by atoms with van der Waals surface area (Å²) in [5.74, 6) is -0.0818. The molecule has 4 amide bonds. The summed E-state index contributed by atoms with van der Waals surface area (Å²) >= 11 is 0. The van der Waals surface area contributed by atoms with Crippen molar-refractivity contribution in [3.63, 3.8) is 0 Å². The highest BCUT2D eigenvalue weighted by atomic mass is 16.5. The molecule has 9 nitrogen and oxygen atoms in total. The van der Waals surface area contributed by atoms with E-state index in [1.54, 1.807) is 26.8 Å². The molecule has 0 bridgehead atoms. The standard InChI is InChI=1S/C46H56N4O5/c1-2-3-4-5-6-7-8-9-10-14-24-44(52)55-39-27-25-35(26-28-39)31-41-45(53)48(33-38-22-17-21-37-20-15-16-23-40(37)38)34-42-49(30-29-43(51)50(41)42)46(54)47-32-36-18-12-11-13-19-36/h11-13,15-23,25-28,41-42H,2-10,14,24,29-34H2,1H3,(H,47,54)/t41-,42?/m0/s1. The summed E-state index contributed by atoms with van der Waals surface area (Å²) in [7, 11) is 0. The molecule has 4 aromatic rings. The first kappa shape index (κ1) is 39.5. The highest BCUT2D eigenvalue weighted by molar-refractivity contribution is 5.92. The highest BCUT2D eigenvalue weighted by Crippen LogP contribution is 2.30. The maximum atomic E-state index is 14.5. The van der Waals surface area contributed by atoms with Gasteiger partial charge in [0, 0.05) is 38.9 Å². The zero-order valence-corrected chi connectivity index (χ0v) is 32.3. The zero-order chi connectivity index (χ0) is 38.4. The smallest absolute Gasteiger partial charge is 0.319 e. The van der Waals surface area contributed by atoms with Gasteiger partial charge in [-0.3, -0.25) is 14.4 Å². The van der Waals surface area contributed by atoms with Gasteiger partial charge in [-0.1, -0.05) is 150 Å². The Bertz CT molecular complexity index is 1880. The molecule has 0 aliphatic carbocycles. The lowest BCUT2D eigenvalue weighted by Gasteiger charge is -2.52. The summed E-state index contributed by atoms with van der Waals surface area (Å²) in [5.41, 5.74) is 2.81. The molecule has 2 fully saturated rings. The largest absolute Gasteiger partial charge is 0.427 e. The number of ether oxygens (including phenoxy) is 1. The molecule has 0 radical (unpaired) electrons. The fourth-order valence-electron chi connectivity index (χ4n) is 7.93. The van der Waals surface area contributed by atoms with Gasteiger partial charge >= 0.3 is 12.0 Å². The molecule has 2 heterocycles. The van der Waals surface area contributed by atoms with Crippen LogP contribution in [-0.2, 0) is 33.9 Å². The second-order valence-electron chi connectivity index (χ2n) is 15.0. The number of hydrogen-bond acceptors (Lipinski definition) is 5. The number of carbonyl (C=O) groups excluding carboxylic acids is 4. The van der Waals surface area contributed by atoms with E-state index in [0.29, 0.717) is 25.3 Å². The third-order valence-electron chi connectivity index (χ3n) is 11.0. The van der Waals surface area contributed by atoms with Gasteiger partial charge in [-0.25, -0.2) is 4.79 Å². The van der Waals surface area contributed by atoms with Gasteiger partial charge in [0.2, 0.25) is 11.8 Å². The molecule has 55 heavy (non-hydrogen) atoms. The Morgan fingerprint density at radius 1 is 0.745 bits per heavy atom. The lowest BCUT2D eigenvalue weighted by Crippen LogP contribution is -2.72. The fraction of sp³-hybridized carbons (Fsp3) is 0.435. The molecule has 0 aromatic heterocycles. The molecule has 2 saturated heterocycles. The van der Waals surface area contributed by atoms with Crippen LogP contribution < -0.4 is 10.1 Å². The van der Waals surface area contributed by atoms with Gasteiger partial charge in [-0.15, -0.1) is 0 Å². The minimum Gasteiger partial charge on any atom is -0.427 e. The number of urea groups is 1. The van der Waals surface area contributed by atoms with E-state index in [2.05, 4.69) is 30.4 Å². The van der Waals surface area contributed by atoms with E-state index in [0.717, 1.165) is 46.7 Å². The Balaban J connectivity index is 1.11. The van der Waals surface area contributed by atoms with Gasteiger partial charge in [0.05, 0.1) is 6.54 Å². The van der Waals surface area contributed by atoms with E-state index in [4.69, 9.17) is 4.74 Å². The van der Waals surface area contributed by atoms with Crippen molar-refractivity contribution in [2.24, 2.45) is 0 Å². The summed E-state index contributed by atoms with van der Waals surface area (Å²) in [6.45, 7) is 3.42. The van der Waals surface area contributed by atoms with Crippen LogP contribution in [0.25, 0.3) is 10.8 Å². The monoisotopic (exact) mass is 744 g/mol. The number of amides is 4. The van der Waals surface area contributed by atoms with Crippen LogP contribution in [0.2, 0.25) is 0 Å². The Hall–Kier alpha value is -5.18. The van der Waals surface area contributed by atoms with Crippen LogP contribution in [0.3, 0.4) is 0 Å². The quantitative estimate of drug-likeness (QED) is 0.0624. The van der Waals surface area contributed by atoms with Crippen molar-refractivity contribution in [2.75, 3.05) is 13.1 Å². The van der Waals surface area contributed by atoms with Crippen molar-refractivity contribution >= 4 is 34.6 Å². The molecular formula is C46H56N4O5. The van der Waals surface area contributed by atoms with Crippen LogP contribution in [-0.4, -0.2) is 63.8 Å². The molecule has 0 saturated carbocycles. The number of nitrogens with one attached hydrogen (secondary N) is 1. The van der Waals surface area contributed by atoms with Crippen LogP contribution in [0.5, 0.6) is 5.75 Å². The average Bonchev–Trinajstić information content (AvgIpc) is 3.20. The Morgan fingerprint density at radius 2 is 1.42 bits per heavy atom. The van der Waals surface area contributed by atoms with Gasteiger partial charge < -0.3 is 24.8 Å². The third kappa shape index (κ3) is 10.7. The molecule has 2 aliphatic heterocycles. The number of piperazine rings is 1. The van der Waals surface area contributed by atoms with Gasteiger partial charge in [-0.2, -0.15) is 0 Å². The van der Waals surface area contributed by atoms with Gasteiger partial charge in [-0.05, 0) is 46.0 Å². The number of rotatable bonds is 18. The maximum absolute atomic E-state index is 14.5. The Labute approximate surface area is 326 Å². The molecule has 4 aromatic carbocycles. The van der Waals surface area contributed by atoms with E-state index in [9.17, 15) is 19.2 Å². The van der Waals surface area contributed by atoms with Crippen molar-refractivity contribution in [3.8, 4) is 5.75 Å². The number of hydrogen-bond donors (Lipinski definition) is 1. The van der Waals surface area contributed by atoms with E-state index in [-0.39, 0.29) is 49.7 Å². The van der Waals surface area contributed by atoms with Gasteiger partial charge in [0.25, 0.3) is 0 Å². The molecule has 1 unspecified atom stereocenters. The first-order valence-corrected chi connectivity index (χ1v) is 20.4. The lowest BCUT2D eigenvalue weighted by atomic mass is 9.96. The summed E-state index contributed by atoms with van der Waals surface area (Å²) in [6.07, 6.45) is 12.2. The fourth-order valence-corrected chi connectivity index (χ4v) is 7.93. The van der Waals surface area contributed by atoms with Crippen LogP contribution in [0, 0.1) is 0 Å². The first-order chi connectivity index (χ1) is 26.9. The normalized spacial score (nSPS) is 17.0. The van der Waals surface area contributed by atoms with Crippen LogP contribution in [0.1, 0.15) is 101 Å². The molecule has 2 atom stereocenters. The predicted molar refractivity (Wildman–Crippen MR) is 216 cm³/mol. The first-order valence-electron chi connectivity index (χ1n) is 20.4. The molecule has 1 N–H and O–H groups in total.